The van der Waals surface area contributed by atoms with E-state index in [1.165, 1.54) is 5.56 Å². The molecule has 0 spiro atoms. The van der Waals surface area contributed by atoms with E-state index >= 15 is 0 Å². The number of nitrogens with one attached hydrogen (secondary N) is 1. The number of aryl methyl sites for hydroxylation is 1. The molecular weight excluding hydrogens is 365 g/mol. The zero-order chi connectivity index (χ0) is 14.5. The van der Waals surface area contributed by atoms with Crippen molar-refractivity contribution in [3.8, 4) is 5.75 Å². The summed E-state index contributed by atoms with van der Waals surface area (Å²) in [4.78, 5) is 4.34. The smallest absolute Gasteiger partial charge is 0.188 e. The molecule has 0 atom stereocenters. The van der Waals surface area contributed by atoms with Crippen LogP contribution in [0.1, 0.15) is 31.9 Å². The summed E-state index contributed by atoms with van der Waals surface area (Å²) in [6.45, 7) is 8.88. The van der Waals surface area contributed by atoms with E-state index in [1.54, 1.807) is 7.11 Å². The molecule has 0 fully saturated rings. The fraction of sp³-hybridized carbons (Fsp3) is 0.533. The molecule has 0 aromatic heterocycles. The van der Waals surface area contributed by atoms with Gasteiger partial charge in [0, 0.05) is 12.1 Å². The summed E-state index contributed by atoms with van der Waals surface area (Å²) in [5.41, 5.74) is 8.16. The first-order valence-electron chi connectivity index (χ1n) is 6.53. The second kappa shape index (κ2) is 8.34. The lowest BCUT2D eigenvalue weighted by Crippen LogP contribution is -2.45. The minimum Gasteiger partial charge on any atom is -0.496 e. The first-order chi connectivity index (χ1) is 8.81. The third-order valence-electron chi connectivity index (χ3n) is 2.60. The maximum Gasteiger partial charge on any atom is 0.188 e. The lowest BCUT2D eigenvalue weighted by atomic mass is 10.1. The maximum absolute atomic E-state index is 5.83. The van der Waals surface area contributed by atoms with Crippen molar-refractivity contribution in [2.24, 2.45) is 10.7 Å². The van der Waals surface area contributed by atoms with Crippen LogP contribution in [0, 0.1) is 6.92 Å². The monoisotopic (exact) mass is 391 g/mol. The van der Waals surface area contributed by atoms with Crippen LogP contribution in [0.15, 0.2) is 23.2 Å². The number of nitrogens with zero attached hydrogens (tertiary/aromatic N) is 1. The number of methoxy groups -OCH3 is 1. The van der Waals surface area contributed by atoms with Crippen molar-refractivity contribution in [1.29, 1.82) is 0 Å². The number of hydrogen-bond donors (Lipinski definition) is 2. The third-order valence-corrected chi connectivity index (χ3v) is 2.60. The van der Waals surface area contributed by atoms with Crippen molar-refractivity contribution in [2.45, 2.75) is 39.7 Å². The van der Waals surface area contributed by atoms with E-state index < -0.39 is 0 Å². The highest BCUT2D eigenvalue weighted by Crippen LogP contribution is 2.20. The van der Waals surface area contributed by atoms with Gasteiger partial charge in [0.1, 0.15) is 5.75 Å². The van der Waals surface area contributed by atoms with Crippen LogP contribution >= 0.6 is 24.0 Å². The Labute approximate surface area is 139 Å². The minimum absolute atomic E-state index is 0. The Morgan fingerprint density at radius 1 is 1.35 bits per heavy atom. The van der Waals surface area contributed by atoms with Crippen LogP contribution in [0.5, 0.6) is 5.75 Å². The van der Waals surface area contributed by atoms with Crippen LogP contribution in [0.4, 0.5) is 0 Å². The van der Waals surface area contributed by atoms with Gasteiger partial charge in [0.15, 0.2) is 5.96 Å². The Morgan fingerprint density at radius 3 is 2.55 bits per heavy atom. The lowest BCUT2D eigenvalue weighted by Gasteiger charge is -2.21. The quantitative estimate of drug-likeness (QED) is 0.472. The maximum atomic E-state index is 5.83. The van der Waals surface area contributed by atoms with Crippen molar-refractivity contribution < 1.29 is 4.74 Å². The summed E-state index contributed by atoms with van der Waals surface area (Å²) in [5, 5.41) is 3.14. The van der Waals surface area contributed by atoms with E-state index in [4.69, 9.17) is 10.5 Å². The number of guanidine groups is 1. The van der Waals surface area contributed by atoms with Crippen LogP contribution in [0.25, 0.3) is 0 Å². The summed E-state index contributed by atoms with van der Waals surface area (Å²) in [5.74, 6) is 1.39. The number of benzene rings is 1. The Hall–Kier alpha value is -0.980. The molecule has 4 nitrogen and oxygen atoms in total. The average molecular weight is 391 g/mol. The van der Waals surface area contributed by atoms with Gasteiger partial charge >= 0.3 is 0 Å². The first kappa shape index (κ1) is 19.0. The molecule has 1 aromatic carbocycles. The number of halogens is 1. The van der Waals surface area contributed by atoms with Gasteiger partial charge in [-0.1, -0.05) is 17.7 Å². The molecule has 0 saturated carbocycles. The Morgan fingerprint density at radius 2 is 2.00 bits per heavy atom. The van der Waals surface area contributed by atoms with Gasteiger partial charge in [0.25, 0.3) is 0 Å². The van der Waals surface area contributed by atoms with Crippen LogP contribution in [-0.4, -0.2) is 25.2 Å². The third kappa shape index (κ3) is 6.98. The molecule has 0 radical (unpaired) electrons. The Bertz CT molecular complexity index is 453. The van der Waals surface area contributed by atoms with Gasteiger partial charge in [0.05, 0.1) is 7.11 Å². The van der Waals surface area contributed by atoms with Crippen molar-refractivity contribution in [3.05, 3.63) is 29.3 Å². The Balaban J connectivity index is 0.00000361. The second-order valence-corrected chi connectivity index (χ2v) is 5.71. The van der Waals surface area contributed by atoms with E-state index in [0.29, 0.717) is 12.5 Å². The average Bonchev–Trinajstić information content (AvgIpc) is 2.27. The Kier molecular flexibility index (Phi) is 7.93. The van der Waals surface area contributed by atoms with Crippen LogP contribution in [-0.2, 0) is 6.42 Å². The molecule has 1 rings (SSSR count). The summed E-state index contributed by atoms with van der Waals surface area (Å²) >= 11 is 0. The number of aliphatic imine (C=N–C) groups is 1. The molecule has 3 N–H and O–H groups in total. The van der Waals surface area contributed by atoms with Crippen molar-refractivity contribution in [2.75, 3.05) is 13.7 Å². The van der Waals surface area contributed by atoms with Gasteiger partial charge in [-0.15, -0.1) is 24.0 Å². The van der Waals surface area contributed by atoms with Gasteiger partial charge in [-0.3, -0.25) is 4.99 Å². The summed E-state index contributed by atoms with van der Waals surface area (Å²) in [6, 6.07) is 6.16. The molecule has 114 valence electrons. The molecule has 1 aromatic rings. The lowest BCUT2D eigenvalue weighted by molar-refractivity contribution is 0.409. The predicted molar refractivity (Wildman–Crippen MR) is 96.2 cm³/mol. The van der Waals surface area contributed by atoms with E-state index in [9.17, 15) is 0 Å². The number of ether oxygens (including phenoxy) is 1. The van der Waals surface area contributed by atoms with E-state index in [0.717, 1.165) is 17.7 Å². The highest BCUT2D eigenvalue weighted by atomic mass is 127. The highest BCUT2D eigenvalue weighted by molar-refractivity contribution is 14.0. The standard InChI is InChI=1S/C15H25N3O.HI/c1-11-6-7-13(19-5)12(10-11)8-9-17-14(16)18-15(2,3)4;/h6-7,10H,8-9H2,1-5H3,(H3,16,17,18);1H. The highest BCUT2D eigenvalue weighted by Gasteiger charge is 2.09. The predicted octanol–water partition coefficient (Wildman–Crippen LogP) is 2.87. The SMILES string of the molecule is COc1ccc(C)cc1CCN=C(N)NC(C)(C)C.I. The first-order valence-corrected chi connectivity index (χ1v) is 6.53. The van der Waals surface area contributed by atoms with Crippen LogP contribution in [0.2, 0.25) is 0 Å². The van der Waals surface area contributed by atoms with Gasteiger partial charge in [-0.25, -0.2) is 0 Å². The largest absolute Gasteiger partial charge is 0.496 e. The molecule has 5 heteroatoms. The summed E-state index contributed by atoms with van der Waals surface area (Å²) < 4.78 is 5.34. The molecule has 0 amide bonds. The summed E-state index contributed by atoms with van der Waals surface area (Å²) in [7, 11) is 1.69. The molecule has 0 aliphatic rings. The van der Waals surface area contributed by atoms with Gasteiger partial charge in [-0.05, 0) is 45.7 Å². The van der Waals surface area contributed by atoms with E-state index in [-0.39, 0.29) is 29.5 Å². The molecule has 0 aliphatic heterocycles. The van der Waals surface area contributed by atoms with Crippen molar-refractivity contribution in [1.82, 2.24) is 5.32 Å². The van der Waals surface area contributed by atoms with Crippen LogP contribution in [0.3, 0.4) is 0 Å². The second-order valence-electron chi connectivity index (χ2n) is 5.71. The van der Waals surface area contributed by atoms with E-state index in [1.807, 2.05) is 12.1 Å². The van der Waals surface area contributed by atoms with Crippen molar-refractivity contribution >= 4 is 29.9 Å². The normalized spacial score (nSPS) is 11.8. The molecule has 0 unspecified atom stereocenters. The number of hydrogen-bond acceptors (Lipinski definition) is 2. The fourth-order valence-electron chi connectivity index (χ4n) is 1.82. The van der Waals surface area contributed by atoms with Crippen LogP contribution < -0.4 is 15.8 Å². The van der Waals surface area contributed by atoms with E-state index in [2.05, 4.69) is 44.1 Å². The van der Waals surface area contributed by atoms with Gasteiger partial charge in [0.2, 0.25) is 0 Å². The molecule has 0 heterocycles. The van der Waals surface area contributed by atoms with Gasteiger partial charge in [-0.2, -0.15) is 0 Å². The topological polar surface area (TPSA) is 59.6 Å². The fourth-order valence-corrected chi connectivity index (χ4v) is 1.82. The number of rotatable bonds is 4. The zero-order valence-electron chi connectivity index (χ0n) is 13.0. The van der Waals surface area contributed by atoms with Gasteiger partial charge < -0.3 is 15.8 Å². The molecule has 20 heavy (non-hydrogen) atoms. The zero-order valence-corrected chi connectivity index (χ0v) is 15.3. The molecular formula is C15H26IN3O. The summed E-state index contributed by atoms with van der Waals surface area (Å²) in [6.07, 6.45) is 0.817. The molecule has 0 bridgehead atoms. The molecule has 0 aliphatic carbocycles. The van der Waals surface area contributed by atoms with Crippen molar-refractivity contribution in [3.63, 3.8) is 0 Å². The number of nitrogens with two attached hydrogens (primary N) is 1. The minimum atomic E-state index is -0.0609. The molecule has 0 saturated heterocycles.